The number of likely N-dealkylation sites (tertiary alicyclic amines) is 1. The predicted molar refractivity (Wildman–Crippen MR) is 65.0 cm³/mol. The van der Waals surface area contributed by atoms with Crippen LogP contribution >= 0.6 is 0 Å². The van der Waals surface area contributed by atoms with Crippen molar-refractivity contribution >= 4 is 0 Å². The van der Waals surface area contributed by atoms with Gasteiger partial charge in [0.15, 0.2) is 0 Å². The molecular formula is C13H26N2. The summed E-state index contributed by atoms with van der Waals surface area (Å²) in [7, 11) is 0. The second-order valence-corrected chi connectivity index (χ2v) is 5.55. The molecule has 0 aromatic heterocycles. The lowest BCUT2D eigenvalue weighted by Crippen LogP contribution is -2.30. The van der Waals surface area contributed by atoms with Crippen molar-refractivity contribution in [3.05, 3.63) is 0 Å². The molecule has 2 heteroatoms. The SMILES string of the molecule is CC1CCN(CCCC2CCCNC2)C1. The van der Waals surface area contributed by atoms with Gasteiger partial charge in [-0.2, -0.15) is 0 Å². The molecule has 0 amide bonds. The third-order valence-electron chi connectivity index (χ3n) is 3.99. The summed E-state index contributed by atoms with van der Waals surface area (Å²) < 4.78 is 0. The summed E-state index contributed by atoms with van der Waals surface area (Å²) in [4.78, 5) is 2.65. The quantitative estimate of drug-likeness (QED) is 0.764. The fourth-order valence-electron chi connectivity index (χ4n) is 3.00. The zero-order chi connectivity index (χ0) is 10.5. The molecule has 2 fully saturated rings. The summed E-state index contributed by atoms with van der Waals surface area (Å²) in [5.41, 5.74) is 0. The smallest absolute Gasteiger partial charge is 0.000750 e. The van der Waals surface area contributed by atoms with Crippen molar-refractivity contribution in [3.63, 3.8) is 0 Å². The van der Waals surface area contributed by atoms with Gasteiger partial charge in [-0.3, -0.25) is 0 Å². The van der Waals surface area contributed by atoms with Crippen LogP contribution in [0.3, 0.4) is 0 Å². The molecule has 1 N–H and O–H groups in total. The van der Waals surface area contributed by atoms with Gasteiger partial charge in [0.05, 0.1) is 0 Å². The predicted octanol–water partition coefficient (Wildman–Crippen LogP) is 2.11. The Morgan fingerprint density at radius 1 is 1.33 bits per heavy atom. The molecule has 0 aromatic rings. The third-order valence-corrected chi connectivity index (χ3v) is 3.99. The van der Waals surface area contributed by atoms with Crippen LogP contribution in [0.4, 0.5) is 0 Å². The Balaban J connectivity index is 1.54. The molecular weight excluding hydrogens is 184 g/mol. The summed E-state index contributed by atoms with van der Waals surface area (Å²) in [5.74, 6) is 1.92. The highest BCUT2D eigenvalue weighted by Crippen LogP contribution is 2.19. The number of piperidine rings is 1. The number of nitrogens with one attached hydrogen (secondary N) is 1. The first kappa shape index (κ1) is 11.4. The molecule has 2 aliphatic rings. The van der Waals surface area contributed by atoms with Crippen LogP contribution in [0.1, 0.15) is 39.0 Å². The number of hydrogen-bond acceptors (Lipinski definition) is 2. The highest BCUT2D eigenvalue weighted by atomic mass is 15.1. The van der Waals surface area contributed by atoms with Gasteiger partial charge in [0, 0.05) is 6.54 Å². The summed E-state index contributed by atoms with van der Waals surface area (Å²) in [5, 5.41) is 3.51. The Morgan fingerprint density at radius 2 is 2.27 bits per heavy atom. The Kier molecular flexibility index (Phi) is 4.45. The fraction of sp³-hybridized carbons (Fsp3) is 1.00. The highest BCUT2D eigenvalue weighted by molar-refractivity contribution is 4.74. The molecule has 88 valence electrons. The van der Waals surface area contributed by atoms with Gasteiger partial charge in [0.2, 0.25) is 0 Å². The van der Waals surface area contributed by atoms with Crippen LogP contribution in [0.5, 0.6) is 0 Å². The van der Waals surface area contributed by atoms with Crippen molar-refractivity contribution < 1.29 is 0 Å². The monoisotopic (exact) mass is 210 g/mol. The van der Waals surface area contributed by atoms with E-state index in [9.17, 15) is 0 Å². The van der Waals surface area contributed by atoms with E-state index < -0.39 is 0 Å². The molecule has 2 unspecified atom stereocenters. The van der Waals surface area contributed by atoms with Crippen molar-refractivity contribution in [2.45, 2.75) is 39.0 Å². The van der Waals surface area contributed by atoms with E-state index in [4.69, 9.17) is 0 Å². The highest BCUT2D eigenvalue weighted by Gasteiger charge is 2.18. The van der Waals surface area contributed by atoms with Crippen molar-refractivity contribution in [1.82, 2.24) is 10.2 Å². The average molecular weight is 210 g/mol. The van der Waals surface area contributed by atoms with E-state index in [1.807, 2.05) is 0 Å². The van der Waals surface area contributed by atoms with Crippen LogP contribution in [0.2, 0.25) is 0 Å². The maximum Gasteiger partial charge on any atom is 0.000750 e. The minimum atomic E-state index is 0.946. The van der Waals surface area contributed by atoms with Gasteiger partial charge in [-0.05, 0) is 70.1 Å². The molecule has 0 aromatic carbocycles. The van der Waals surface area contributed by atoms with Gasteiger partial charge < -0.3 is 10.2 Å². The summed E-state index contributed by atoms with van der Waals surface area (Å²) in [6, 6.07) is 0. The van der Waals surface area contributed by atoms with Crippen LogP contribution in [0.15, 0.2) is 0 Å². The molecule has 2 atom stereocenters. The summed E-state index contributed by atoms with van der Waals surface area (Å²) in [6.45, 7) is 8.95. The Labute approximate surface area is 94.4 Å². The van der Waals surface area contributed by atoms with Gasteiger partial charge >= 0.3 is 0 Å². The fourth-order valence-corrected chi connectivity index (χ4v) is 3.00. The maximum atomic E-state index is 3.51. The molecule has 2 nitrogen and oxygen atoms in total. The maximum absolute atomic E-state index is 3.51. The first-order valence-corrected chi connectivity index (χ1v) is 6.77. The van der Waals surface area contributed by atoms with Crippen LogP contribution < -0.4 is 5.32 Å². The zero-order valence-electron chi connectivity index (χ0n) is 10.2. The number of rotatable bonds is 4. The lowest BCUT2D eigenvalue weighted by molar-refractivity contribution is 0.288. The molecule has 2 rings (SSSR count). The topological polar surface area (TPSA) is 15.3 Å². The number of nitrogens with zero attached hydrogens (tertiary/aromatic N) is 1. The Morgan fingerprint density at radius 3 is 2.93 bits per heavy atom. The second-order valence-electron chi connectivity index (χ2n) is 5.55. The first-order chi connectivity index (χ1) is 7.34. The molecule has 0 aliphatic carbocycles. The van der Waals surface area contributed by atoms with Gasteiger partial charge in [0.25, 0.3) is 0 Å². The van der Waals surface area contributed by atoms with Crippen molar-refractivity contribution in [3.8, 4) is 0 Å². The lowest BCUT2D eigenvalue weighted by Gasteiger charge is -2.23. The molecule has 2 aliphatic heterocycles. The van der Waals surface area contributed by atoms with Gasteiger partial charge in [0.1, 0.15) is 0 Å². The average Bonchev–Trinajstić information content (AvgIpc) is 2.66. The molecule has 2 heterocycles. The normalized spacial score (nSPS) is 33.4. The van der Waals surface area contributed by atoms with Crippen LogP contribution in [0.25, 0.3) is 0 Å². The first-order valence-electron chi connectivity index (χ1n) is 6.77. The van der Waals surface area contributed by atoms with Gasteiger partial charge in [-0.25, -0.2) is 0 Å². The Bertz CT molecular complexity index is 171. The summed E-state index contributed by atoms with van der Waals surface area (Å²) >= 11 is 0. The van der Waals surface area contributed by atoms with Crippen molar-refractivity contribution in [2.24, 2.45) is 11.8 Å². The molecule has 0 radical (unpaired) electrons. The van der Waals surface area contributed by atoms with E-state index in [-0.39, 0.29) is 0 Å². The second kappa shape index (κ2) is 5.86. The number of hydrogen-bond donors (Lipinski definition) is 1. The minimum absolute atomic E-state index is 0.946. The van der Waals surface area contributed by atoms with E-state index in [0.29, 0.717) is 0 Å². The van der Waals surface area contributed by atoms with E-state index in [0.717, 1.165) is 11.8 Å². The van der Waals surface area contributed by atoms with E-state index in [1.165, 1.54) is 64.8 Å². The largest absolute Gasteiger partial charge is 0.316 e. The molecule has 0 saturated carbocycles. The van der Waals surface area contributed by atoms with Crippen LogP contribution in [-0.2, 0) is 0 Å². The summed E-state index contributed by atoms with van der Waals surface area (Å²) in [6.07, 6.45) is 7.14. The lowest BCUT2D eigenvalue weighted by atomic mass is 9.95. The van der Waals surface area contributed by atoms with Crippen molar-refractivity contribution in [2.75, 3.05) is 32.7 Å². The van der Waals surface area contributed by atoms with E-state index in [2.05, 4.69) is 17.1 Å². The molecule has 15 heavy (non-hydrogen) atoms. The van der Waals surface area contributed by atoms with E-state index >= 15 is 0 Å². The molecule has 0 spiro atoms. The van der Waals surface area contributed by atoms with Gasteiger partial charge in [-0.15, -0.1) is 0 Å². The van der Waals surface area contributed by atoms with Crippen molar-refractivity contribution in [1.29, 1.82) is 0 Å². The van der Waals surface area contributed by atoms with Gasteiger partial charge in [-0.1, -0.05) is 6.92 Å². The van der Waals surface area contributed by atoms with Crippen LogP contribution in [-0.4, -0.2) is 37.6 Å². The zero-order valence-corrected chi connectivity index (χ0v) is 10.2. The molecule has 2 saturated heterocycles. The standard InChI is InChI=1S/C13H26N2/c1-12-6-9-15(11-12)8-3-5-13-4-2-7-14-10-13/h12-14H,2-11H2,1H3. The molecule has 0 bridgehead atoms. The Hall–Kier alpha value is -0.0800. The van der Waals surface area contributed by atoms with Crippen LogP contribution in [0, 0.1) is 11.8 Å². The third kappa shape index (κ3) is 3.76. The minimum Gasteiger partial charge on any atom is -0.316 e. The van der Waals surface area contributed by atoms with E-state index in [1.54, 1.807) is 0 Å².